The van der Waals surface area contributed by atoms with Gasteiger partial charge in [-0.1, -0.05) is 0 Å². The van der Waals surface area contributed by atoms with Crippen LogP contribution in [0.15, 0.2) is 62.8 Å². The van der Waals surface area contributed by atoms with E-state index >= 15 is 0 Å². The standard InChI is InChI=1S/C22H23N3O4/c1-4-25(5-2)18-9-6-16-12-17(22(27)29-20(16)13-18)14-23-24-21(26)15-7-10-19(28-3)11-8-15/h6-14H,4-5H2,1-3H3,(H,24,26)/b23-14+. The van der Waals surface area contributed by atoms with Crippen molar-refractivity contribution in [3.8, 4) is 5.75 Å². The Hall–Kier alpha value is -3.61. The Labute approximate surface area is 168 Å². The van der Waals surface area contributed by atoms with E-state index < -0.39 is 11.5 Å². The summed E-state index contributed by atoms with van der Waals surface area (Å²) in [6, 6.07) is 14.1. The smallest absolute Gasteiger partial charge is 0.345 e. The lowest BCUT2D eigenvalue weighted by molar-refractivity contribution is 0.0955. The number of nitrogens with zero attached hydrogens (tertiary/aromatic N) is 2. The molecule has 3 aromatic rings. The van der Waals surface area contributed by atoms with E-state index in [9.17, 15) is 9.59 Å². The third-order valence-corrected chi connectivity index (χ3v) is 4.60. The number of benzene rings is 2. The van der Waals surface area contributed by atoms with Crippen LogP contribution in [0.1, 0.15) is 29.8 Å². The summed E-state index contributed by atoms with van der Waals surface area (Å²) in [4.78, 5) is 26.6. The number of nitrogens with one attached hydrogen (secondary N) is 1. The van der Waals surface area contributed by atoms with E-state index in [2.05, 4.69) is 29.3 Å². The summed E-state index contributed by atoms with van der Waals surface area (Å²) in [6.45, 7) is 5.88. The quantitative estimate of drug-likeness (QED) is 0.378. The lowest BCUT2D eigenvalue weighted by Crippen LogP contribution is -2.21. The van der Waals surface area contributed by atoms with Crippen molar-refractivity contribution in [3.05, 3.63) is 70.1 Å². The summed E-state index contributed by atoms with van der Waals surface area (Å²) in [6.07, 6.45) is 1.28. The van der Waals surface area contributed by atoms with Crippen LogP contribution in [-0.4, -0.2) is 32.3 Å². The third kappa shape index (κ3) is 4.63. The number of rotatable bonds is 7. The monoisotopic (exact) mass is 393 g/mol. The fourth-order valence-corrected chi connectivity index (χ4v) is 2.96. The number of carbonyl (C=O) groups is 1. The number of hydrogen-bond donors (Lipinski definition) is 1. The molecule has 0 bridgehead atoms. The maximum absolute atomic E-state index is 12.3. The molecule has 0 unspecified atom stereocenters. The van der Waals surface area contributed by atoms with Crippen LogP contribution in [0, 0.1) is 0 Å². The van der Waals surface area contributed by atoms with E-state index in [1.807, 2.05) is 18.2 Å². The van der Waals surface area contributed by atoms with Crippen LogP contribution in [0.5, 0.6) is 5.75 Å². The lowest BCUT2D eigenvalue weighted by atomic mass is 10.1. The van der Waals surface area contributed by atoms with Gasteiger partial charge in [-0.3, -0.25) is 4.79 Å². The first kappa shape index (κ1) is 20.1. The predicted octanol–water partition coefficient (Wildman–Crippen LogP) is 3.41. The molecule has 1 heterocycles. The fourth-order valence-electron chi connectivity index (χ4n) is 2.96. The number of amides is 1. The summed E-state index contributed by atoms with van der Waals surface area (Å²) in [5, 5.41) is 4.66. The van der Waals surface area contributed by atoms with E-state index in [4.69, 9.17) is 9.15 Å². The van der Waals surface area contributed by atoms with E-state index in [0.29, 0.717) is 16.9 Å². The van der Waals surface area contributed by atoms with Gasteiger partial charge in [-0.2, -0.15) is 5.10 Å². The molecule has 0 aliphatic heterocycles. The van der Waals surface area contributed by atoms with E-state index in [1.54, 1.807) is 37.4 Å². The summed E-state index contributed by atoms with van der Waals surface area (Å²) in [7, 11) is 1.55. The SMILES string of the molecule is CCN(CC)c1ccc2cc(/C=N/NC(=O)c3ccc(OC)cc3)c(=O)oc2c1. The highest BCUT2D eigenvalue weighted by atomic mass is 16.5. The first-order valence-electron chi connectivity index (χ1n) is 9.36. The molecule has 0 saturated heterocycles. The van der Waals surface area contributed by atoms with Gasteiger partial charge in [0.1, 0.15) is 11.3 Å². The Morgan fingerprint density at radius 1 is 1.14 bits per heavy atom. The van der Waals surface area contributed by atoms with Gasteiger partial charge in [0, 0.05) is 35.8 Å². The van der Waals surface area contributed by atoms with E-state index in [1.165, 1.54) is 6.21 Å². The molecule has 0 saturated carbocycles. The van der Waals surface area contributed by atoms with Crippen LogP contribution in [0.4, 0.5) is 5.69 Å². The highest BCUT2D eigenvalue weighted by Gasteiger charge is 2.08. The number of methoxy groups -OCH3 is 1. The van der Waals surface area contributed by atoms with Crippen molar-refractivity contribution in [2.75, 3.05) is 25.1 Å². The summed E-state index contributed by atoms with van der Waals surface area (Å²) in [5.74, 6) is 0.265. The minimum Gasteiger partial charge on any atom is -0.497 e. The van der Waals surface area contributed by atoms with Gasteiger partial charge in [0.15, 0.2) is 0 Å². The highest BCUT2D eigenvalue weighted by Crippen LogP contribution is 2.21. The molecule has 2 aromatic carbocycles. The van der Waals surface area contributed by atoms with Crippen molar-refractivity contribution < 1.29 is 13.9 Å². The zero-order valence-corrected chi connectivity index (χ0v) is 16.6. The Morgan fingerprint density at radius 3 is 2.52 bits per heavy atom. The van der Waals surface area contributed by atoms with Gasteiger partial charge in [-0.05, 0) is 56.3 Å². The van der Waals surface area contributed by atoms with Crippen molar-refractivity contribution in [1.82, 2.24) is 5.43 Å². The summed E-state index contributed by atoms with van der Waals surface area (Å²) < 4.78 is 10.5. The number of hydrazone groups is 1. The van der Waals surface area contributed by atoms with E-state index in [0.717, 1.165) is 24.2 Å². The largest absolute Gasteiger partial charge is 0.497 e. The summed E-state index contributed by atoms with van der Waals surface area (Å²) in [5.41, 5.74) is 4.08. The van der Waals surface area contributed by atoms with Crippen molar-refractivity contribution in [3.63, 3.8) is 0 Å². The van der Waals surface area contributed by atoms with Crippen LogP contribution < -0.4 is 20.7 Å². The van der Waals surface area contributed by atoms with Crippen LogP contribution >= 0.6 is 0 Å². The van der Waals surface area contributed by atoms with Gasteiger partial charge >= 0.3 is 5.63 Å². The molecule has 3 rings (SSSR count). The van der Waals surface area contributed by atoms with Crippen molar-refractivity contribution in [1.29, 1.82) is 0 Å². The number of hydrogen-bond acceptors (Lipinski definition) is 6. The maximum Gasteiger partial charge on any atom is 0.345 e. The molecule has 1 amide bonds. The second-order valence-electron chi connectivity index (χ2n) is 6.31. The first-order valence-corrected chi connectivity index (χ1v) is 9.36. The molecule has 1 N–H and O–H groups in total. The first-order chi connectivity index (χ1) is 14.0. The van der Waals surface area contributed by atoms with Gasteiger partial charge in [0.2, 0.25) is 0 Å². The maximum atomic E-state index is 12.3. The Balaban J connectivity index is 1.77. The molecule has 1 aromatic heterocycles. The normalized spacial score (nSPS) is 11.0. The number of carbonyl (C=O) groups excluding carboxylic acids is 1. The molecular formula is C22H23N3O4. The van der Waals surface area contributed by atoms with Crippen LogP contribution in [0.2, 0.25) is 0 Å². The minimum absolute atomic E-state index is 0.253. The zero-order chi connectivity index (χ0) is 20.8. The van der Waals surface area contributed by atoms with Gasteiger partial charge in [-0.25, -0.2) is 10.2 Å². The van der Waals surface area contributed by atoms with Crippen molar-refractivity contribution in [2.45, 2.75) is 13.8 Å². The van der Waals surface area contributed by atoms with Gasteiger partial charge in [0.25, 0.3) is 5.91 Å². The van der Waals surface area contributed by atoms with Gasteiger partial charge in [0.05, 0.1) is 18.9 Å². The number of anilines is 1. The van der Waals surface area contributed by atoms with Crippen LogP contribution in [0.3, 0.4) is 0 Å². The Morgan fingerprint density at radius 2 is 1.86 bits per heavy atom. The zero-order valence-electron chi connectivity index (χ0n) is 16.6. The second kappa shape index (κ2) is 9.05. The average Bonchev–Trinajstić information content (AvgIpc) is 2.75. The Kier molecular flexibility index (Phi) is 6.29. The third-order valence-electron chi connectivity index (χ3n) is 4.60. The number of ether oxygens (including phenoxy) is 1. The Bertz CT molecular complexity index is 1080. The molecule has 29 heavy (non-hydrogen) atoms. The topological polar surface area (TPSA) is 84.1 Å². The lowest BCUT2D eigenvalue weighted by Gasteiger charge is -2.20. The van der Waals surface area contributed by atoms with Crippen molar-refractivity contribution in [2.24, 2.45) is 5.10 Å². The van der Waals surface area contributed by atoms with Crippen LogP contribution in [0.25, 0.3) is 11.0 Å². The van der Waals surface area contributed by atoms with Gasteiger partial charge < -0.3 is 14.1 Å². The minimum atomic E-state index is -0.517. The molecule has 0 spiro atoms. The molecule has 0 atom stereocenters. The number of fused-ring (bicyclic) bond motifs is 1. The summed E-state index contributed by atoms with van der Waals surface area (Å²) >= 11 is 0. The molecule has 7 heteroatoms. The molecule has 150 valence electrons. The van der Waals surface area contributed by atoms with Crippen LogP contribution in [-0.2, 0) is 0 Å². The molecular weight excluding hydrogens is 370 g/mol. The average molecular weight is 393 g/mol. The van der Waals surface area contributed by atoms with E-state index in [-0.39, 0.29) is 5.56 Å². The van der Waals surface area contributed by atoms with Gasteiger partial charge in [-0.15, -0.1) is 0 Å². The molecule has 0 fully saturated rings. The second-order valence-corrected chi connectivity index (χ2v) is 6.31. The molecule has 0 aliphatic carbocycles. The predicted molar refractivity (Wildman–Crippen MR) is 114 cm³/mol. The van der Waals surface area contributed by atoms with Crippen molar-refractivity contribution >= 4 is 28.8 Å². The highest BCUT2D eigenvalue weighted by molar-refractivity contribution is 5.95. The fraction of sp³-hybridized carbons (Fsp3) is 0.227. The molecule has 0 radical (unpaired) electrons. The molecule has 0 aliphatic rings. The molecule has 7 nitrogen and oxygen atoms in total.